The Morgan fingerprint density at radius 1 is 1.05 bits per heavy atom. The number of hydrogen-bond donors (Lipinski definition) is 2. The number of hydrogen-bond acceptors (Lipinski definition) is 6. The first kappa shape index (κ1) is 25.2. The van der Waals surface area contributed by atoms with E-state index in [2.05, 4.69) is 37.6 Å². The van der Waals surface area contributed by atoms with E-state index in [1.165, 1.54) is 11.0 Å². The van der Waals surface area contributed by atoms with Crippen molar-refractivity contribution in [1.82, 2.24) is 24.8 Å². The van der Waals surface area contributed by atoms with Crippen molar-refractivity contribution in [3.05, 3.63) is 95.5 Å². The number of pyridine rings is 1. The minimum Gasteiger partial charge on any atom is -0.370 e. The summed E-state index contributed by atoms with van der Waals surface area (Å²) >= 11 is 0. The Morgan fingerprint density at radius 2 is 1.88 bits per heavy atom. The molecule has 9 nitrogen and oxygen atoms in total. The first-order valence-electron chi connectivity index (χ1n) is 14.4. The molecule has 1 atom stereocenters. The van der Waals surface area contributed by atoms with Gasteiger partial charge in [-0.05, 0) is 60.4 Å². The van der Waals surface area contributed by atoms with Crippen molar-refractivity contribution in [3.8, 4) is 11.1 Å². The van der Waals surface area contributed by atoms with E-state index in [0.717, 1.165) is 62.5 Å². The number of amides is 2. The zero-order valence-electron chi connectivity index (χ0n) is 23.0. The van der Waals surface area contributed by atoms with E-state index >= 15 is 4.39 Å². The molecule has 0 bridgehead atoms. The van der Waals surface area contributed by atoms with Crippen LogP contribution in [0.1, 0.15) is 39.8 Å². The van der Waals surface area contributed by atoms with Gasteiger partial charge >= 0.3 is 0 Å². The van der Waals surface area contributed by atoms with Crippen LogP contribution in [-0.2, 0) is 24.3 Å². The lowest BCUT2D eigenvalue weighted by Gasteiger charge is -2.57. The molecule has 4 aromatic rings. The second kappa shape index (κ2) is 9.49. The molecule has 0 aliphatic carbocycles. The van der Waals surface area contributed by atoms with Gasteiger partial charge in [-0.1, -0.05) is 18.2 Å². The standard InChI is InChI=1S/C32H30FN7O2/c33-25-13-21(20-6-8-22(9-7-20)39-17-32(18-39)15-34-16-32)12-23-24(25)14-40(31(23)42)29(28-26-4-3-11-38(26)19-36-28)30(41)37-27-5-1-2-10-35-27/h1-2,5-10,12-13,19,29,34H,3-4,11,14-18H2,(H,35,37,41). The second-order valence-electron chi connectivity index (χ2n) is 11.9. The molecule has 0 radical (unpaired) electrons. The van der Waals surface area contributed by atoms with Crippen LogP contribution in [-0.4, -0.2) is 57.4 Å². The van der Waals surface area contributed by atoms with Crippen molar-refractivity contribution in [2.24, 2.45) is 5.41 Å². The number of nitrogens with zero attached hydrogens (tertiary/aromatic N) is 5. The van der Waals surface area contributed by atoms with E-state index in [0.29, 0.717) is 28.1 Å². The van der Waals surface area contributed by atoms with Crippen molar-refractivity contribution in [2.75, 3.05) is 36.4 Å². The predicted octanol–water partition coefficient (Wildman–Crippen LogP) is 3.78. The van der Waals surface area contributed by atoms with Gasteiger partial charge in [-0.15, -0.1) is 0 Å². The molecule has 1 spiro atoms. The summed E-state index contributed by atoms with van der Waals surface area (Å²) in [5.74, 6) is -0.890. The average Bonchev–Trinajstić information content (AvgIpc) is 3.65. The number of aryl methyl sites for hydroxylation is 1. The van der Waals surface area contributed by atoms with Gasteiger partial charge < -0.3 is 25.0 Å². The fourth-order valence-corrected chi connectivity index (χ4v) is 6.85. The van der Waals surface area contributed by atoms with Crippen molar-refractivity contribution < 1.29 is 14.0 Å². The monoisotopic (exact) mass is 563 g/mol. The molecular formula is C32H30FN7O2. The Labute approximate surface area is 242 Å². The highest BCUT2D eigenvalue weighted by Crippen LogP contribution is 2.40. The number of nitrogens with one attached hydrogen (secondary N) is 2. The minimum atomic E-state index is -1.02. The fourth-order valence-electron chi connectivity index (χ4n) is 6.85. The van der Waals surface area contributed by atoms with Gasteiger partial charge in [-0.2, -0.15) is 0 Å². The van der Waals surface area contributed by atoms with Gasteiger partial charge in [0.2, 0.25) is 0 Å². The van der Waals surface area contributed by atoms with Crippen LogP contribution in [0.3, 0.4) is 0 Å². The summed E-state index contributed by atoms with van der Waals surface area (Å²) in [5.41, 5.74) is 5.09. The van der Waals surface area contributed by atoms with Gasteiger partial charge in [0.1, 0.15) is 11.6 Å². The third-order valence-electron chi connectivity index (χ3n) is 9.16. The molecule has 2 aromatic carbocycles. The minimum absolute atomic E-state index is 0.0165. The normalized spacial score (nSPS) is 18.8. The van der Waals surface area contributed by atoms with Crippen LogP contribution in [0.15, 0.2) is 67.1 Å². The van der Waals surface area contributed by atoms with Gasteiger partial charge in [0, 0.05) is 66.8 Å². The molecule has 2 aromatic heterocycles. The first-order valence-corrected chi connectivity index (χ1v) is 14.4. The van der Waals surface area contributed by atoms with Crippen molar-refractivity contribution in [2.45, 2.75) is 32.0 Å². The smallest absolute Gasteiger partial charge is 0.255 e. The van der Waals surface area contributed by atoms with E-state index in [9.17, 15) is 9.59 Å². The molecule has 2 amide bonds. The van der Waals surface area contributed by atoms with E-state index in [-0.39, 0.29) is 18.0 Å². The highest BCUT2D eigenvalue weighted by molar-refractivity contribution is 6.04. The molecule has 2 N–H and O–H groups in total. The number of aromatic nitrogens is 3. The Kier molecular flexibility index (Phi) is 5.68. The SMILES string of the molecule is O=C(Nc1ccccn1)C(c1ncn2c1CCC2)N1Cc2c(F)cc(-c3ccc(N4CC5(CNC5)C4)cc3)cc2C1=O. The molecule has 212 valence electrons. The molecule has 4 aliphatic rings. The van der Waals surface area contributed by atoms with Gasteiger partial charge in [-0.25, -0.2) is 14.4 Å². The van der Waals surface area contributed by atoms with E-state index in [1.807, 2.05) is 16.7 Å². The number of anilines is 2. The molecule has 10 heteroatoms. The van der Waals surface area contributed by atoms with E-state index < -0.39 is 17.8 Å². The molecule has 2 fully saturated rings. The van der Waals surface area contributed by atoms with E-state index in [1.54, 1.807) is 36.8 Å². The summed E-state index contributed by atoms with van der Waals surface area (Å²) in [6.45, 7) is 5.05. The number of benzene rings is 2. The second-order valence-corrected chi connectivity index (χ2v) is 11.9. The molecule has 2 saturated heterocycles. The highest BCUT2D eigenvalue weighted by atomic mass is 19.1. The maximum atomic E-state index is 15.6. The van der Waals surface area contributed by atoms with Crippen LogP contribution in [0.25, 0.3) is 11.1 Å². The number of carbonyl (C=O) groups excluding carboxylic acids is 2. The summed E-state index contributed by atoms with van der Waals surface area (Å²) in [6.07, 6.45) is 5.02. The number of fused-ring (bicyclic) bond motifs is 2. The van der Waals surface area contributed by atoms with Crippen molar-refractivity contribution in [3.63, 3.8) is 0 Å². The molecule has 6 heterocycles. The Morgan fingerprint density at radius 3 is 2.62 bits per heavy atom. The number of rotatable bonds is 6. The molecule has 1 unspecified atom stereocenters. The summed E-state index contributed by atoms with van der Waals surface area (Å²) in [7, 11) is 0. The van der Waals surface area contributed by atoms with Crippen LogP contribution in [0.2, 0.25) is 0 Å². The Balaban J connectivity index is 1.09. The largest absolute Gasteiger partial charge is 0.370 e. The number of halogens is 1. The molecule has 42 heavy (non-hydrogen) atoms. The van der Waals surface area contributed by atoms with E-state index in [4.69, 9.17) is 0 Å². The van der Waals surface area contributed by atoms with Gasteiger partial charge in [-0.3, -0.25) is 9.59 Å². The van der Waals surface area contributed by atoms with Crippen LogP contribution in [0.5, 0.6) is 0 Å². The molecule has 4 aliphatic heterocycles. The quantitative estimate of drug-likeness (QED) is 0.371. The zero-order chi connectivity index (χ0) is 28.4. The van der Waals surface area contributed by atoms with Crippen molar-refractivity contribution in [1.29, 1.82) is 0 Å². The third kappa shape index (κ3) is 4.00. The summed E-state index contributed by atoms with van der Waals surface area (Å²) in [6, 6.07) is 15.5. The highest BCUT2D eigenvalue weighted by Gasteiger charge is 2.47. The summed E-state index contributed by atoms with van der Waals surface area (Å²) < 4.78 is 17.7. The molecular weight excluding hydrogens is 533 g/mol. The predicted molar refractivity (Wildman–Crippen MR) is 155 cm³/mol. The third-order valence-corrected chi connectivity index (χ3v) is 9.16. The van der Waals surface area contributed by atoms with Gasteiger partial charge in [0.15, 0.2) is 6.04 Å². The topological polar surface area (TPSA) is 95.4 Å². The Hall–Kier alpha value is -4.57. The fraction of sp³-hybridized carbons (Fsp3) is 0.312. The lowest BCUT2D eigenvalue weighted by Crippen LogP contribution is -2.71. The number of carbonyl (C=O) groups is 2. The maximum Gasteiger partial charge on any atom is 0.255 e. The first-order chi connectivity index (χ1) is 20.5. The summed E-state index contributed by atoms with van der Waals surface area (Å²) in [4.78, 5) is 40.3. The molecule has 8 rings (SSSR count). The lowest BCUT2D eigenvalue weighted by atomic mass is 9.74. The lowest BCUT2D eigenvalue weighted by molar-refractivity contribution is -0.121. The molecule has 0 saturated carbocycles. The number of imidazole rings is 1. The van der Waals surface area contributed by atoms with Crippen LogP contribution in [0, 0.1) is 11.2 Å². The van der Waals surface area contributed by atoms with Gasteiger partial charge in [0.05, 0.1) is 18.6 Å². The summed E-state index contributed by atoms with van der Waals surface area (Å²) in [5, 5.41) is 6.20. The zero-order valence-corrected chi connectivity index (χ0v) is 23.0. The van der Waals surface area contributed by atoms with Gasteiger partial charge in [0.25, 0.3) is 11.8 Å². The van der Waals surface area contributed by atoms with Crippen LogP contribution < -0.4 is 15.5 Å². The average molecular weight is 564 g/mol. The van der Waals surface area contributed by atoms with Crippen molar-refractivity contribution >= 4 is 23.3 Å². The van der Waals surface area contributed by atoms with Crippen LogP contribution in [0.4, 0.5) is 15.9 Å². The van der Waals surface area contributed by atoms with Crippen LogP contribution >= 0.6 is 0 Å². The maximum absolute atomic E-state index is 15.6. The Bertz CT molecular complexity index is 1710.